The largest absolute Gasteiger partial charge is 0.338 e. The summed E-state index contributed by atoms with van der Waals surface area (Å²) in [6.07, 6.45) is 11.8. The third-order valence-electron chi connectivity index (χ3n) is 5.77. The highest BCUT2D eigenvalue weighted by Crippen LogP contribution is 2.39. The maximum atomic E-state index is 4.47. The number of rotatable bonds is 6. The van der Waals surface area contributed by atoms with E-state index < -0.39 is 0 Å². The molecule has 1 aromatic rings. The minimum atomic E-state index is 0.656. The lowest BCUT2D eigenvalue weighted by Crippen LogP contribution is -2.47. The minimum Gasteiger partial charge on any atom is -0.338 e. The summed E-state index contributed by atoms with van der Waals surface area (Å²) in [7, 11) is 4.43. The van der Waals surface area contributed by atoms with Gasteiger partial charge in [0.05, 0.1) is 0 Å². The molecule has 1 N–H and O–H groups in total. The molecule has 0 amide bonds. The molecule has 2 bridgehead atoms. The van der Waals surface area contributed by atoms with Crippen LogP contribution < -0.4 is 5.32 Å². The first-order valence-electron chi connectivity index (χ1n) is 8.60. The predicted octanol–water partition coefficient (Wildman–Crippen LogP) is 2.20. The number of imidazole rings is 1. The Bertz CT molecular complexity index is 441. The molecule has 21 heavy (non-hydrogen) atoms. The van der Waals surface area contributed by atoms with Gasteiger partial charge in [0.2, 0.25) is 0 Å². The van der Waals surface area contributed by atoms with Gasteiger partial charge < -0.3 is 14.8 Å². The number of aryl methyl sites for hydroxylation is 2. The van der Waals surface area contributed by atoms with Crippen LogP contribution >= 0.6 is 0 Å². The fourth-order valence-electron chi connectivity index (χ4n) is 4.47. The van der Waals surface area contributed by atoms with Crippen molar-refractivity contribution in [1.29, 1.82) is 0 Å². The fourth-order valence-corrected chi connectivity index (χ4v) is 4.47. The van der Waals surface area contributed by atoms with Crippen LogP contribution in [0.15, 0.2) is 12.4 Å². The molecule has 2 aliphatic heterocycles. The van der Waals surface area contributed by atoms with E-state index in [1.165, 1.54) is 37.9 Å². The maximum absolute atomic E-state index is 4.47. The molecule has 3 heterocycles. The average molecular weight is 290 g/mol. The third kappa shape index (κ3) is 3.16. The lowest BCUT2D eigenvalue weighted by Gasteiger charge is -2.40. The SMILES string of the molecule is CCNC(CCc1nccn1C)C1CC2CCC(C1)N2C. The van der Waals surface area contributed by atoms with Crippen LogP contribution in [0.2, 0.25) is 0 Å². The number of nitrogens with one attached hydrogen (secondary N) is 1. The smallest absolute Gasteiger partial charge is 0.108 e. The van der Waals surface area contributed by atoms with Gasteiger partial charge in [-0.05, 0) is 51.6 Å². The number of aromatic nitrogens is 2. The molecule has 4 heteroatoms. The molecule has 0 aliphatic carbocycles. The summed E-state index contributed by atoms with van der Waals surface area (Å²) >= 11 is 0. The summed E-state index contributed by atoms with van der Waals surface area (Å²) < 4.78 is 2.15. The van der Waals surface area contributed by atoms with E-state index in [0.29, 0.717) is 6.04 Å². The molecule has 118 valence electrons. The van der Waals surface area contributed by atoms with Gasteiger partial charge in [0.1, 0.15) is 5.82 Å². The molecule has 0 spiro atoms. The Labute approximate surface area is 128 Å². The Balaban J connectivity index is 1.60. The van der Waals surface area contributed by atoms with Crippen LogP contribution in [0.1, 0.15) is 44.9 Å². The predicted molar refractivity (Wildman–Crippen MR) is 86.3 cm³/mol. The summed E-state index contributed by atoms with van der Waals surface area (Å²) in [5, 5.41) is 3.76. The molecule has 1 aromatic heterocycles. The van der Waals surface area contributed by atoms with Crippen molar-refractivity contribution in [3.63, 3.8) is 0 Å². The Kier molecular flexibility index (Phi) is 4.65. The van der Waals surface area contributed by atoms with Crippen molar-refractivity contribution >= 4 is 0 Å². The van der Waals surface area contributed by atoms with Crippen molar-refractivity contribution < 1.29 is 0 Å². The van der Waals surface area contributed by atoms with E-state index in [1.54, 1.807) is 0 Å². The molecule has 3 atom stereocenters. The van der Waals surface area contributed by atoms with E-state index in [-0.39, 0.29) is 0 Å². The Morgan fingerprint density at radius 2 is 2.00 bits per heavy atom. The summed E-state index contributed by atoms with van der Waals surface area (Å²) in [5.41, 5.74) is 0. The Hall–Kier alpha value is -0.870. The van der Waals surface area contributed by atoms with Crippen molar-refractivity contribution in [3.8, 4) is 0 Å². The second-order valence-electron chi connectivity index (χ2n) is 6.94. The van der Waals surface area contributed by atoms with Gasteiger partial charge in [0.15, 0.2) is 0 Å². The summed E-state index contributed by atoms with van der Waals surface area (Å²) in [4.78, 5) is 7.11. The third-order valence-corrected chi connectivity index (χ3v) is 5.77. The second-order valence-corrected chi connectivity index (χ2v) is 6.94. The Morgan fingerprint density at radius 3 is 2.57 bits per heavy atom. The number of nitrogens with zero attached hydrogens (tertiary/aromatic N) is 3. The molecule has 2 aliphatic rings. The van der Waals surface area contributed by atoms with E-state index >= 15 is 0 Å². The number of fused-ring (bicyclic) bond motifs is 2. The number of hydrogen-bond donors (Lipinski definition) is 1. The molecule has 2 saturated heterocycles. The number of hydrogen-bond acceptors (Lipinski definition) is 3. The van der Waals surface area contributed by atoms with Crippen molar-refractivity contribution in [2.45, 2.75) is 63.6 Å². The highest BCUT2D eigenvalue weighted by atomic mass is 15.2. The van der Waals surface area contributed by atoms with Gasteiger partial charge in [0, 0.05) is 44.0 Å². The van der Waals surface area contributed by atoms with Crippen molar-refractivity contribution in [1.82, 2.24) is 19.8 Å². The first kappa shape index (κ1) is 15.0. The van der Waals surface area contributed by atoms with Gasteiger partial charge in [-0.25, -0.2) is 4.98 Å². The zero-order valence-corrected chi connectivity index (χ0v) is 13.8. The van der Waals surface area contributed by atoms with E-state index in [2.05, 4.69) is 40.8 Å². The lowest BCUT2D eigenvalue weighted by atomic mass is 9.83. The monoisotopic (exact) mass is 290 g/mol. The molecule has 3 unspecified atom stereocenters. The highest BCUT2D eigenvalue weighted by molar-refractivity contribution is 4.98. The fraction of sp³-hybridized carbons (Fsp3) is 0.824. The molecular weight excluding hydrogens is 260 g/mol. The Morgan fingerprint density at radius 1 is 1.29 bits per heavy atom. The van der Waals surface area contributed by atoms with Crippen LogP contribution in [0.3, 0.4) is 0 Å². The maximum Gasteiger partial charge on any atom is 0.108 e. The number of piperidine rings is 1. The van der Waals surface area contributed by atoms with Crippen LogP contribution in [0.25, 0.3) is 0 Å². The quantitative estimate of drug-likeness (QED) is 0.872. The lowest BCUT2D eigenvalue weighted by molar-refractivity contribution is 0.110. The first-order chi connectivity index (χ1) is 10.2. The van der Waals surface area contributed by atoms with Gasteiger partial charge in [-0.2, -0.15) is 0 Å². The van der Waals surface area contributed by atoms with Gasteiger partial charge in [-0.3, -0.25) is 0 Å². The molecule has 4 nitrogen and oxygen atoms in total. The van der Waals surface area contributed by atoms with Gasteiger partial charge >= 0.3 is 0 Å². The molecule has 0 saturated carbocycles. The van der Waals surface area contributed by atoms with Crippen LogP contribution in [-0.2, 0) is 13.5 Å². The van der Waals surface area contributed by atoms with Crippen LogP contribution in [0.5, 0.6) is 0 Å². The van der Waals surface area contributed by atoms with E-state index in [0.717, 1.165) is 31.0 Å². The average Bonchev–Trinajstić information content (AvgIpc) is 2.94. The normalized spacial score (nSPS) is 30.7. The summed E-state index contributed by atoms with van der Waals surface area (Å²) in [6, 6.07) is 2.33. The second kappa shape index (κ2) is 6.49. The first-order valence-corrected chi connectivity index (χ1v) is 8.60. The van der Waals surface area contributed by atoms with Crippen molar-refractivity contribution in [2.75, 3.05) is 13.6 Å². The summed E-state index contributed by atoms with van der Waals surface area (Å²) in [6.45, 7) is 3.31. The molecule has 2 fully saturated rings. The standard InChI is InChI=1S/C17H30N4/c1-4-18-16(7-8-17-19-9-10-20(17)2)13-11-14-5-6-15(12-13)21(14)3/h9-10,13-16,18H,4-8,11-12H2,1-3H3. The van der Waals surface area contributed by atoms with Gasteiger partial charge in [-0.15, -0.1) is 0 Å². The molecule has 0 aromatic carbocycles. The van der Waals surface area contributed by atoms with Crippen molar-refractivity contribution in [2.24, 2.45) is 13.0 Å². The zero-order chi connectivity index (χ0) is 14.8. The zero-order valence-electron chi connectivity index (χ0n) is 13.8. The molecule has 0 radical (unpaired) electrons. The molecular formula is C17H30N4. The van der Waals surface area contributed by atoms with E-state index in [9.17, 15) is 0 Å². The van der Waals surface area contributed by atoms with Gasteiger partial charge in [-0.1, -0.05) is 6.92 Å². The van der Waals surface area contributed by atoms with Crippen LogP contribution in [-0.4, -0.2) is 46.2 Å². The topological polar surface area (TPSA) is 33.1 Å². The van der Waals surface area contributed by atoms with E-state index in [4.69, 9.17) is 0 Å². The summed E-state index contributed by atoms with van der Waals surface area (Å²) in [5.74, 6) is 2.06. The van der Waals surface area contributed by atoms with Gasteiger partial charge in [0.25, 0.3) is 0 Å². The molecule has 3 rings (SSSR count). The van der Waals surface area contributed by atoms with Crippen LogP contribution in [0.4, 0.5) is 0 Å². The van der Waals surface area contributed by atoms with Crippen molar-refractivity contribution in [3.05, 3.63) is 18.2 Å². The van der Waals surface area contributed by atoms with Crippen LogP contribution in [0, 0.1) is 5.92 Å². The van der Waals surface area contributed by atoms with E-state index in [1.807, 2.05) is 12.4 Å². The highest BCUT2D eigenvalue weighted by Gasteiger charge is 2.40. The minimum absolute atomic E-state index is 0.656.